The second-order valence-electron chi connectivity index (χ2n) is 7.61. The molecule has 0 aliphatic heterocycles. The Morgan fingerprint density at radius 2 is 2.19 bits per heavy atom. The number of thiophene rings is 1. The SMILES string of the molecule is CC(C)(C)C#Cc1cc(NC2CC(Oc3ccc[n+]([O-])c3)C2)c(C(=O)O)s1. The number of carboxylic acids is 1. The maximum absolute atomic E-state index is 11.5. The van der Waals surface area contributed by atoms with E-state index in [4.69, 9.17) is 4.74 Å². The third-order valence-electron chi connectivity index (χ3n) is 3.99. The predicted molar refractivity (Wildman–Crippen MR) is 104 cm³/mol. The van der Waals surface area contributed by atoms with Crippen LogP contribution in [0.4, 0.5) is 5.69 Å². The second-order valence-corrected chi connectivity index (χ2v) is 8.66. The number of nitrogens with zero attached hydrogens (tertiary/aromatic N) is 1. The Bertz CT molecular complexity index is 899. The normalized spacial score (nSPS) is 18.8. The van der Waals surface area contributed by atoms with E-state index in [2.05, 4.69) is 17.2 Å². The maximum atomic E-state index is 11.5. The number of aromatic nitrogens is 1. The van der Waals surface area contributed by atoms with Gasteiger partial charge in [-0.1, -0.05) is 11.8 Å². The van der Waals surface area contributed by atoms with Gasteiger partial charge in [0.2, 0.25) is 6.20 Å². The molecule has 0 saturated heterocycles. The highest BCUT2D eigenvalue weighted by Gasteiger charge is 2.32. The first-order valence-electron chi connectivity index (χ1n) is 8.72. The number of carboxylic acid groups (broad SMARTS) is 1. The van der Waals surface area contributed by atoms with Crippen LogP contribution in [0.2, 0.25) is 0 Å². The van der Waals surface area contributed by atoms with Crippen LogP contribution in [0.15, 0.2) is 30.6 Å². The van der Waals surface area contributed by atoms with Crippen molar-refractivity contribution in [2.75, 3.05) is 5.32 Å². The third kappa shape index (κ3) is 5.14. The van der Waals surface area contributed by atoms with E-state index >= 15 is 0 Å². The van der Waals surface area contributed by atoms with Gasteiger partial charge in [-0.15, -0.1) is 11.3 Å². The van der Waals surface area contributed by atoms with Crippen LogP contribution in [-0.2, 0) is 0 Å². The fraction of sp³-hybridized carbons (Fsp3) is 0.400. The Balaban J connectivity index is 1.62. The molecule has 6 nitrogen and oxygen atoms in total. The summed E-state index contributed by atoms with van der Waals surface area (Å²) in [6, 6.07) is 5.32. The number of nitrogens with one attached hydrogen (secondary N) is 1. The molecule has 0 aromatic carbocycles. The number of ether oxygens (including phenoxy) is 1. The van der Waals surface area contributed by atoms with Crippen molar-refractivity contribution in [3.05, 3.63) is 45.6 Å². The van der Waals surface area contributed by atoms with Crippen molar-refractivity contribution < 1.29 is 19.4 Å². The summed E-state index contributed by atoms with van der Waals surface area (Å²) >= 11 is 1.19. The minimum atomic E-state index is -0.956. The summed E-state index contributed by atoms with van der Waals surface area (Å²) in [7, 11) is 0. The molecule has 27 heavy (non-hydrogen) atoms. The fourth-order valence-corrected chi connectivity index (χ4v) is 3.48. The molecule has 0 spiro atoms. The highest BCUT2D eigenvalue weighted by atomic mass is 32.1. The van der Waals surface area contributed by atoms with Crippen molar-refractivity contribution in [1.82, 2.24) is 0 Å². The van der Waals surface area contributed by atoms with Gasteiger partial charge in [-0.3, -0.25) is 0 Å². The summed E-state index contributed by atoms with van der Waals surface area (Å²) in [6.07, 6.45) is 4.29. The molecular weight excluding hydrogens is 364 g/mol. The first-order chi connectivity index (χ1) is 12.7. The van der Waals surface area contributed by atoms with E-state index < -0.39 is 5.97 Å². The number of hydrogen-bond acceptors (Lipinski definition) is 5. The van der Waals surface area contributed by atoms with Crippen molar-refractivity contribution in [2.24, 2.45) is 5.41 Å². The van der Waals surface area contributed by atoms with Crippen LogP contribution in [0.5, 0.6) is 5.75 Å². The molecule has 2 aromatic rings. The summed E-state index contributed by atoms with van der Waals surface area (Å²) < 4.78 is 6.46. The lowest BCUT2D eigenvalue weighted by Crippen LogP contribution is -2.43. The quantitative estimate of drug-likeness (QED) is 0.467. The standard InChI is InChI=1S/C20H22N2O4S/c1-20(2,3)7-6-16-11-17(18(27-16)19(23)24)21-13-9-15(10-13)26-14-5-4-8-22(25)12-14/h4-5,8,11-13,15,21H,9-10H2,1-3H3,(H,23,24). The van der Waals surface area contributed by atoms with Crippen LogP contribution in [-0.4, -0.2) is 23.2 Å². The van der Waals surface area contributed by atoms with E-state index in [0.717, 1.165) is 17.7 Å². The molecule has 2 heterocycles. The molecule has 3 rings (SSSR count). The maximum Gasteiger partial charge on any atom is 0.348 e. The molecule has 0 amide bonds. The van der Waals surface area contributed by atoms with E-state index in [1.807, 2.05) is 20.8 Å². The number of hydrogen-bond donors (Lipinski definition) is 2. The zero-order chi connectivity index (χ0) is 19.6. The van der Waals surface area contributed by atoms with Gasteiger partial charge in [-0.2, -0.15) is 4.73 Å². The monoisotopic (exact) mass is 386 g/mol. The Kier molecular flexibility index (Phi) is 5.29. The number of rotatable bonds is 5. The Morgan fingerprint density at radius 3 is 2.81 bits per heavy atom. The van der Waals surface area contributed by atoms with Gasteiger partial charge in [-0.05, 0) is 32.9 Å². The van der Waals surface area contributed by atoms with Crippen molar-refractivity contribution in [3.8, 4) is 17.6 Å². The first-order valence-corrected chi connectivity index (χ1v) is 9.53. The van der Waals surface area contributed by atoms with Crippen LogP contribution >= 0.6 is 11.3 Å². The molecular formula is C20H22N2O4S. The number of anilines is 1. The Labute approximate surface area is 162 Å². The molecule has 1 saturated carbocycles. The molecule has 142 valence electrons. The average molecular weight is 386 g/mol. The van der Waals surface area contributed by atoms with Crippen molar-refractivity contribution in [3.63, 3.8) is 0 Å². The summed E-state index contributed by atoms with van der Waals surface area (Å²) in [5.41, 5.74) is 0.463. The van der Waals surface area contributed by atoms with Gasteiger partial charge in [0.15, 0.2) is 11.9 Å². The van der Waals surface area contributed by atoms with Crippen LogP contribution in [0.25, 0.3) is 0 Å². The Hall–Kier alpha value is -2.72. The van der Waals surface area contributed by atoms with Gasteiger partial charge in [0.1, 0.15) is 11.0 Å². The van der Waals surface area contributed by atoms with Crippen LogP contribution in [0, 0.1) is 22.5 Å². The van der Waals surface area contributed by atoms with E-state index in [-0.39, 0.29) is 22.4 Å². The second kappa shape index (κ2) is 7.49. The zero-order valence-corrected chi connectivity index (χ0v) is 16.3. The summed E-state index contributed by atoms with van der Waals surface area (Å²) in [5, 5.41) is 24.0. The van der Waals surface area contributed by atoms with Crippen LogP contribution in [0.1, 0.15) is 48.2 Å². The van der Waals surface area contributed by atoms with E-state index in [1.165, 1.54) is 23.7 Å². The first kappa shape index (κ1) is 19.1. The molecule has 0 radical (unpaired) electrons. The zero-order valence-electron chi connectivity index (χ0n) is 15.5. The topological polar surface area (TPSA) is 85.5 Å². The van der Waals surface area contributed by atoms with E-state index in [0.29, 0.717) is 16.2 Å². The summed E-state index contributed by atoms with van der Waals surface area (Å²) in [5.74, 6) is 5.78. The minimum absolute atomic E-state index is 0.0111. The molecule has 2 N–H and O–H groups in total. The number of carbonyl (C=O) groups is 1. The number of aromatic carboxylic acids is 1. The van der Waals surface area contributed by atoms with Gasteiger partial charge in [0, 0.05) is 30.4 Å². The fourth-order valence-electron chi connectivity index (χ4n) is 2.66. The Morgan fingerprint density at radius 1 is 1.44 bits per heavy atom. The lowest BCUT2D eigenvalue weighted by molar-refractivity contribution is -0.605. The third-order valence-corrected chi connectivity index (χ3v) is 5.03. The highest BCUT2D eigenvalue weighted by Crippen LogP contribution is 2.33. The average Bonchev–Trinajstić information content (AvgIpc) is 2.94. The molecule has 1 fully saturated rings. The summed E-state index contributed by atoms with van der Waals surface area (Å²) in [6.45, 7) is 6.04. The molecule has 7 heteroatoms. The van der Waals surface area contributed by atoms with Gasteiger partial charge in [0.25, 0.3) is 0 Å². The molecule has 1 aliphatic rings. The minimum Gasteiger partial charge on any atom is -0.619 e. The molecule has 0 atom stereocenters. The highest BCUT2D eigenvalue weighted by molar-refractivity contribution is 7.15. The predicted octanol–water partition coefficient (Wildman–Crippen LogP) is 3.50. The van der Waals surface area contributed by atoms with Gasteiger partial charge in [-0.25, -0.2) is 4.79 Å². The van der Waals surface area contributed by atoms with Gasteiger partial charge < -0.3 is 20.4 Å². The molecule has 2 aromatic heterocycles. The van der Waals surface area contributed by atoms with Crippen LogP contribution in [0.3, 0.4) is 0 Å². The van der Waals surface area contributed by atoms with Crippen molar-refractivity contribution in [1.29, 1.82) is 0 Å². The van der Waals surface area contributed by atoms with E-state index in [9.17, 15) is 15.1 Å². The van der Waals surface area contributed by atoms with Gasteiger partial charge in [0.05, 0.1) is 10.6 Å². The van der Waals surface area contributed by atoms with Gasteiger partial charge >= 0.3 is 5.97 Å². The molecule has 0 bridgehead atoms. The largest absolute Gasteiger partial charge is 0.619 e. The van der Waals surface area contributed by atoms with E-state index in [1.54, 1.807) is 18.2 Å². The summed E-state index contributed by atoms with van der Waals surface area (Å²) in [4.78, 5) is 12.5. The lowest BCUT2D eigenvalue weighted by Gasteiger charge is -2.36. The van der Waals surface area contributed by atoms with Crippen molar-refractivity contribution in [2.45, 2.75) is 45.8 Å². The molecule has 0 unspecified atom stereocenters. The number of pyridine rings is 1. The van der Waals surface area contributed by atoms with Crippen LogP contribution < -0.4 is 14.8 Å². The van der Waals surface area contributed by atoms with Crippen molar-refractivity contribution >= 4 is 23.0 Å². The smallest absolute Gasteiger partial charge is 0.348 e. The lowest BCUT2D eigenvalue weighted by atomic mass is 9.89. The molecule has 1 aliphatic carbocycles.